The van der Waals surface area contributed by atoms with E-state index in [2.05, 4.69) is 20.6 Å². The molecule has 0 aliphatic rings. The second-order valence-corrected chi connectivity index (χ2v) is 11.7. The van der Waals surface area contributed by atoms with Gasteiger partial charge in [0.15, 0.2) is 0 Å². The first-order valence-electron chi connectivity index (χ1n) is 13.3. The van der Waals surface area contributed by atoms with Crippen LogP contribution in [0.5, 0.6) is 0 Å². The van der Waals surface area contributed by atoms with Gasteiger partial charge in [0.2, 0.25) is 11.8 Å². The summed E-state index contributed by atoms with van der Waals surface area (Å²) in [5.41, 5.74) is 1.29. The summed E-state index contributed by atoms with van der Waals surface area (Å²) in [4.78, 5) is 36.2. The topological polar surface area (TPSA) is 84.0 Å². The fourth-order valence-corrected chi connectivity index (χ4v) is 5.63. The van der Waals surface area contributed by atoms with Crippen LogP contribution >= 0.6 is 23.5 Å². The summed E-state index contributed by atoms with van der Waals surface area (Å²) in [6.45, 7) is 3.92. The van der Waals surface area contributed by atoms with E-state index in [4.69, 9.17) is 0 Å². The van der Waals surface area contributed by atoms with Gasteiger partial charge in [0.1, 0.15) is 0 Å². The minimum atomic E-state index is -0.103. The van der Waals surface area contributed by atoms with E-state index < -0.39 is 0 Å². The van der Waals surface area contributed by atoms with Crippen LogP contribution in [0.4, 0.5) is 11.4 Å². The lowest BCUT2D eigenvalue weighted by atomic mass is 10.0. The molecule has 0 aliphatic carbocycles. The Morgan fingerprint density at radius 3 is 1.45 bits per heavy atom. The summed E-state index contributed by atoms with van der Waals surface area (Å²) in [5.74, 6) is 1.80. The van der Waals surface area contributed by atoms with Crippen molar-refractivity contribution in [2.75, 3.05) is 22.1 Å². The van der Waals surface area contributed by atoms with Crippen LogP contribution in [0, 0.1) is 11.8 Å². The highest BCUT2D eigenvalue weighted by molar-refractivity contribution is 7.99. The molecule has 2 amide bonds. The van der Waals surface area contributed by atoms with E-state index in [0.717, 1.165) is 50.0 Å². The zero-order valence-electron chi connectivity index (χ0n) is 22.3. The van der Waals surface area contributed by atoms with Gasteiger partial charge in [0, 0.05) is 46.4 Å². The van der Waals surface area contributed by atoms with E-state index >= 15 is 0 Å². The van der Waals surface area contributed by atoms with Crippen LogP contribution in [-0.4, -0.2) is 33.3 Å². The molecular formula is C30H38N4O2S2. The molecular weight excluding hydrogens is 512 g/mol. The zero-order chi connectivity index (χ0) is 27.0. The SMILES string of the molecule is CC(CCCCSc1ccncc1)C(=O)Nc1ccccc1NC(=O)C(C)CCCCSc1ccncc1. The molecule has 1 aromatic carbocycles. The van der Waals surface area contributed by atoms with Gasteiger partial charge in [-0.25, -0.2) is 0 Å². The molecule has 0 radical (unpaired) electrons. The highest BCUT2D eigenvalue weighted by Gasteiger charge is 2.17. The number of pyridine rings is 2. The van der Waals surface area contributed by atoms with Crippen molar-refractivity contribution in [3.8, 4) is 0 Å². The minimum absolute atomic E-state index is 0.0202. The van der Waals surface area contributed by atoms with E-state index in [1.807, 2.05) is 111 Å². The first kappa shape index (κ1) is 29.7. The number of unbranched alkanes of at least 4 members (excludes halogenated alkanes) is 2. The van der Waals surface area contributed by atoms with Crippen molar-refractivity contribution in [3.05, 3.63) is 73.3 Å². The number of hydrogen-bond donors (Lipinski definition) is 2. The van der Waals surface area contributed by atoms with E-state index in [9.17, 15) is 9.59 Å². The number of rotatable bonds is 16. The van der Waals surface area contributed by atoms with E-state index in [1.165, 1.54) is 9.79 Å². The second-order valence-electron chi connectivity index (χ2n) is 9.38. The van der Waals surface area contributed by atoms with Gasteiger partial charge in [0.25, 0.3) is 0 Å². The van der Waals surface area contributed by atoms with Crippen molar-refractivity contribution in [3.63, 3.8) is 0 Å². The Balaban J connectivity index is 1.36. The Bertz CT molecular complexity index is 1030. The lowest BCUT2D eigenvalue weighted by Crippen LogP contribution is -2.24. The highest BCUT2D eigenvalue weighted by atomic mass is 32.2. The number of carbonyl (C=O) groups is 2. The quantitative estimate of drug-likeness (QED) is 0.141. The number of amides is 2. The normalized spacial score (nSPS) is 12.5. The average Bonchev–Trinajstić information content (AvgIpc) is 2.94. The maximum Gasteiger partial charge on any atom is 0.227 e. The van der Waals surface area contributed by atoms with Gasteiger partial charge in [0.05, 0.1) is 11.4 Å². The lowest BCUT2D eigenvalue weighted by molar-refractivity contribution is -0.120. The van der Waals surface area contributed by atoms with Crippen LogP contribution in [0.2, 0.25) is 0 Å². The molecule has 38 heavy (non-hydrogen) atoms. The summed E-state index contributed by atoms with van der Waals surface area (Å²) < 4.78 is 0. The van der Waals surface area contributed by atoms with Crippen molar-refractivity contribution in [1.29, 1.82) is 0 Å². The van der Waals surface area contributed by atoms with Gasteiger partial charge in [-0.15, -0.1) is 23.5 Å². The van der Waals surface area contributed by atoms with E-state index in [1.54, 1.807) is 0 Å². The van der Waals surface area contributed by atoms with Crippen molar-refractivity contribution in [2.45, 2.75) is 62.2 Å². The molecule has 2 N–H and O–H groups in total. The molecule has 202 valence electrons. The van der Waals surface area contributed by atoms with Crippen molar-refractivity contribution in [1.82, 2.24) is 9.97 Å². The molecule has 0 spiro atoms. The van der Waals surface area contributed by atoms with Crippen LogP contribution < -0.4 is 10.6 Å². The molecule has 2 unspecified atom stereocenters. The van der Waals surface area contributed by atoms with Crippen LogP contribution in [0.3, 0.4) is 0 Å². The second kappa shape index (κ2) is 16.9. The van der Waals surface area contributed by atoms with Crippen LogP contribution in [-0.2, 0) is 9.59 Å². The predicted octanol–water partition coefficient (Wildman–Crippen LogP) is 7.55. The molecule has 3 rings (SSSR count). The number of anilines is 2. The largest absolute Gasteiger partial charge is 0.324 e. The summed E-state index contributed by atoms with van der Waals surface area (Å²) in [6, 6.07) is 15.5. The van der Waals surface area contributed by atoms with E-state index in [0.29, 0.717) is 11.4 Å². The van der Waals surface area contributed by atoms with Gasteiger partial charge in [-0.05, 0) is 73.6 Å². The van der Waals surface area contributed by atoms with Gasteiger partial charge in [-0.1, -0.05) is 38.8 Å². The maximum absolute atomic E-state index is 12.8. The molecule has 2 heterocycles. The molecule has 8 heteroatoms. The van der Waals surface area contributed by atoms with Gasteiger partial charge in [-0.2, -0.15) is 0 Å². The molecule has 3 aromatic rings. The average molecular weight is 551 g/mol. The minimum Gasteiger partial charge on any atom is -0.324 e. The number of benzene rings is 1. The Labute approximate surface area is 235 Å². The summed E-state index contributed by atoms with van der Waals surface area (Å²) in [6.07, 6.45) is 13.0. The number of aromatic nitrogens is 2. The van der Waals surface area contributed by atoms with Crippen LogP contribution in [0.1, 0.15) is 52.4 Å². The third-order valence-electron chi connectivity index (χ3n) is 6.24. The predicted molar refractivity (Wildman–Crippen MR) is 160 cm³/mol. The monoisotopic (exact) mass is 550 g/mol. The van der Waals surface area contributed by atoms with Crippen molar-refractivity contribution >= 4 is 46.7 Å². The number of para-hydroxylation sites is 2. The number of thioether (sulfide) groups is 2. The van der Waals surface area contributed by atoms with Gasteiger partial charge in [-0.3, -0.25) is 19.6 Å². The summed E-state index contributed by atoms with van der Waals surface area (Å²) in [7, 11) is 0. The highest BCUT2D eigenvalue weighted by Crippen LogP contribution is 2.25. The molecule has 0 saturated heterocycles. The molecule has 2 atom stereocenters. The van der Waals surface area contributed by atoms with Gasteiger partial charge >= 0.3 is 0 Å². The molecule has 0 bridgehead atoms. The van der Waals surface area contributed by atoms with Crippen LogP contribution in [0.25, 0.3) is 0 Å². The molecule has 2 aromatic heterocycles. The van der Waals surface area contributed by atoms with Crippen LogP contribution in [0.15, 0.2) is 83.1 Å². The number of carbonyl (C=O) groups excluding carboxylic acids is 2. The number of nitrogens with zero attached hydrogens (tertiary/aromatic N) is 2. The Morgan fingerprint density at radius 1 is 0.658 bits per heavy atom. The molecule has 0 fully saturated rings. The number of nitrogens with one attached hydrogen (secondary N) is 2. The fourth-order valence-electron chi connectivity index (χ4n) is 3.83. The van der Waals surface area contributed by atoms with Gasteiger partial charge < -0.3 is 10.6 Å². The Kier molecular flexibility index (Phi) is 13.2. The Hall–Kier alpha value is -2.84. The maximum atomic E-state index is 12.8. The third-order valence-corrected chi connectivity index (χ3v) is 8.43. The summed E-state index contributed by atoms with van der Waals surface area (Å²) >= 11 is 3.63. The standard InChI is InChI=1S/C30H38N4O2S2/c1-23(9-5-7-21-37-25-13-17-31-18-14-25)29(35)33-27-11-3-4-12-28(27)34-30(36)24(2)10-6-8-22-38-26-15-19-32-20-16-26/h3-4,11-20,23-24H,5-10,21-22H2,1-2H3,(H,33,35)(H,34,36). The smallest absolute Gasteiger partial charge is 0.227 e. The third kappa shape index (κ3) is 10.9. The number of hydrogen-bond acceptors (Lipinski definition) is 6. The fraction of sp³-hybridized carbons (Fsp3) is 0.400. The molecule has 0 saturated carbocycles. The van der Waals surface area contributed by atoms with E-state index in [-0.39, 0.29) is 23.7 Å². The molecule has 0 aliphatic heterocycles. The first-order valence-corrected chi connectivity index (χ1v) is 15.3. The summed E-state index contributed by atoms with van der Waals surface area (Å²) in [5, 5.41) is 6.05. The molecule has 6 nitrogen and oxygen atoms in total. The Morgan fingerprint density at radius 2 is 1.05 bits per heavy atom. The van der Waals surface area contributed by atoms with Crippen molar-refractivity contribution < 1.29 is 9.59 Å². The van der Waals surface area contributed by atoms with Crippen molar-refractivity contribution in [2.24, 2.45) is 11.8 Å². The zero-order valence-corrected chi connectivity index (χ0v) is 23.9. The first-order chi connectivity index (χ1) is 18.5. The lowest BCUT2D eigenvalue weighted by Gasteiger charge is -2.17.